The fourth-order valence-electron chi connectivity index (χ4n) is 2.88. The molecular weight excluding hydrogens is 208 g/mol. The van der Waals surface area contributed by atoms with Gasteiger partial charge in [0.15, 0.2) is 0 Å². The maximum absolute atomic E-state index is 8.29. The van der Waals surface area contributed by atoms with Crippen molar-refractivity contribution in [1.29, 1.82) is 5.41 Å². The second-order valence-corrected chi connectivity index (χ2v) is 4.95. The summed E-state index contributed by atoms with van der Waals surface area (Å²) < 4.78 is 0. The molecule has 0 aliphatic carbocycles. The van der Waals surface area contributed by atoms with E-state index in [1.54, 1.807) is 0 Å². The molecular formula is C15H22N2. The highest BCUT2D eigenvalue weighted by molar-refractivity contribution is 6.00. The van der Waals surface area contributed by atoms with Crippen LogP contribution < -0.4 is 0 Å². The van der Waals surface area contributed by atoms with E-state index in [1.807, 2.05) is 6.07 Å². The van der Waals surface area contributed by atoms with E-state index in [2.05, 4.69) is 43.9 Å². The number of nitrogens with one attached hydrogen (secondary N) is 1. The van der Waals surface area contributed by atoms with Crippen molar-refractivity contribution in [3.8, 4) is 0 Å². The normalized spacial score (nSPS) is 16.5. The smallest absolute Gasteiger partial charge is 0.128 e. The molecule has 2 nitrogen and oxygen atoms in total. The van der Waals surface area contributed by atoms with Crippen LogP contribution in [0.1, 0.15) is 44.7 Å². The van der Waals surface area contributed by atoms with Gasteiger partial charge in [-0.15, -0.1) is 0 Å². The van der Waals surface area contributed by atoms with Crippen LogP contribution in [-0.4, -0.2) is 16.8 Å². The van der Waals surface area contributed by atoms with Gasteiger partial charge in [-0.05, 0) is 18.4 Å². The molecule has 1 heterocycles. The summed E-state index contributed by atoms with van der Waals surface area (Å²) >= 11 is 0. The van der Waals surface area contributed by atoms with Crippen molar-refractivity contribution >= 4 is 5.84 Å². The molecule has 1 aliphatic rings. The number of benzene rings is 1. The lowest BCUT2D eigenvalue weighted by Gasteiger charge is -2.32. The van der Waals surface area contributed by atoms with Crippen LogP contribution in [0.3, 0.4) is 0 Å². The topological polar surface area (TPSA) is 27.1 Å². The summed E-state index contributed by atoms with van der Waals surface area (Å²) in [6, 6.07) is 8.77. The summed E-state index contributed by atoms with van der Waals surface area (Å²) in [4.78, 5) is 2.25. The van der Waals surface area contributed by atoms with Crippen molar-refractivity contribution in [2.45, 2.75) is 46.2 Å². The lowest BCUT2D eigenvalue weighted by molar-refractivity contribution is 0.232. The van der Waals surface area contributed by atoms with Gasteiger partial charge in [-0.3, -0.25) is 5.41 Å². The van der Waals surface area contributed by atoms with E-state index in [0.717, 1.165) is 12.1 Å². The van der Waals surface area contributed by atoms with Gasteiger partial charge in [-0.25, -0.2) is 0 Å². The van der Waals surface area contributed by atoms with E-state index in [1.165, 1.54) is 18.4 Å². The third-order valence-corrected chi connectivity index (χ3v) is 4.12. The van der Waals surface area contributed by atoms with Gasteiger partial charge in [0.05, 0.1) is 0 Å². The molecule has 0 saturated carbocycles. The first-order valence-corrected chi connectivity index (χ1v) is 6.62. The lowest BCUT2D eigenvalue weighted by atomic mass is 9.94. The first-order valence-electron chi connectivity index (χ1n) is 6.62. The molecule has 0 spiro atoms. The molecule has 1 unspecified atom stereocenters. The maximum atomic E-state index is 8.29. The van der Waals surface area contributed by atoms with E-state index in [9.17, 15) is 0 Å². The van der Waals surface area contributed by atoms with Gasteiger partial charge in [0.2, 0.25) is 0 Å². The van der Waals surface area contributed by atoms with Crippen LogP contribution in [0.5, 0.6) is 0 Å². The predicted molar refractivity (Wildman–Crippen MR) is 72.3 cm³/mol. The number of rotatable bonds is 4. The van der Waals surface area contributed by atoms with E-state index >= 15 is 0 Å². The summed E-state index contributed by atoms with van der Waals surface area (Å²) in [5, 5.41) is 8.29. The van der Waals surface area contributed by atoms with E-state index in [0.29, 0.717) is 17.8 Å². The minimum absolute atomic E-state index is 0.463. The van der Waals surface area contributed by atoms with Crippen LogP contribution in [-0.2, 0) is 6.54 Å². The zero-order chi connectivity index (χ0) is 12.4. The Balaban J connectivity index is 2.19. The highest BCUT2D eigenvalue weighted by atomic mass is 15.2. The lowest BCUT2D eigenvalue weighted by Crippen LogP contribution is -2.38. The molecule has 1 aromatic carbocycles. The third-order valence-electron chi connectivity index (χ3n) is 4.12. The van der Waals surface area contributed by atoms with Crippen molar-refractivity contribution in [3.05, 3.63) is 35.4 Å². The summed E-state index contributed by atoms with van der Waals surface area (Å²) in [6.07, 6.45) is 2.38. The molecule has 0 saturated heterocycles. The average molecular weight is 230 g/mol. The quantitative estimate of drug-likeness (QED) is 0.839. The van der Waals surface area contributed by atoms with Gasteiger partial charge in [0.1, 0.15) is 5.84 Å². The van der Waals surface area contributed by atoms with Gasteiger partial charge in [-0.2, -0.15) is 0 Å². The third kappa shape index (κ3) is 2.08. The second kappa shape index (κ2) is 4.91. The van der Waals surface area contributed by atoms with E-state index in [4.69, 9.17) is 5.41 Å². The highest BCUT2D eigenvalue weighted by Crippen LogP contribution is 2.28. The number of hydrogen-bond acceptors (Lipinski definition) is 1. The van der Waals surface area contributed by atoms with E-state index < -0.39 is 0 Å². The van der Waals surface area contributed by atoms with Gasteiger partial charge >= 0.3 is 0 Å². The van der Waals surface area contributed by atoms with Crippen molar-refractivity contribution < 1.29 is 0 Å². The molecule has 0 bridgehead atoms. The first kappa shape index (κ1) is 12.2. The Morgan fingerprint density at radius 3 is 2.47 bits per heavy atom. The summed E-state index contributed by atoms with van der Waals surface area (Å²) in [5.41, 5.74) is 2.42. The Kier molecular flexibility index (Phi) is 3.51. The molecule has 1 atom stereocenters. The van der Waals surface area contributed by atoms with Crippen molar-refractivity contribution in [1.82, 2.24) is 4.90 Å². The Morgan fingerprint density at radius 1 is 1.24 bits per heavy atom. The maximum Gasteiger partial charge on any atom is 0.128 e. The van der Waals surface area contributed by atoms with Crippen LogP contribution in [0.2, 0.25) is 0 Å². The molecule has 92 valence electrons. The first-order chi connectivity index (χ1) is 8.19. The van der Waals surface area contributed by atoms with Crippen LogP contribution >= 0.6 is 0 Å². The minimum Gasteiger partial charge on any atom is -0.349 e. The molecule has 1 aromatic rings. The standard InChI is InChI=1S/C15H22N2/c1-4-12(5-2)11(3)17-10-13-8-6-7-9-14(13)15(17)16/h6-9,11-12,16H,4-5,10H2,1-3H3. The summed E-state index contributed by atoms with van der Waals surface area (Å²) in [7, 11) is 0. The number of nitrogens with zero attached hydrogens (tertiary/aromatic N) is 1. The molecule has 0 amide bonds. The summed E-state index contributed by atoms with van der Waals surface area (Å²) in [5.74, 6) is 1.39. The van der Waals surface area contributed by atoms with Crippen molar-refractivity contribution in [3.63, 3.8) is 0 Å². The van der Waals surface area contributed by atoms with Crippen LogP contribution in [0.15, 0.2) is 24.3 Å². The molecule has 17 heavy (non-hydrogen) atoms. The predicted octanol–water partition coefficient (Wildman–Crippen LogP) is 3.65. The van der Waals surface area contributed by atoms with Crippen LogP contribution in [0.4, 0.5) is 0 Å². The molecule has 1 N–H and O–H groups in total. The molecule has 0 fully saturated rings. The second-order valence-electron chi connectivity index (χ2n) is 4.95. The fourth-order valence-corrected chi connectivity index (χ4v) is 2.88. The highest BCUT2D eigenvalue weighted by Gasteiger charge is 2.30. The molecule has 0 aromatic heterocycles. The van der Waals surface area contributed by atoms with Crippen molar-refractivity contribution in [2.24, 2.45) is 5.92 Å². The van der Waals surface area contributed by atoms with Crippen molar-refractivity contribution in [2.75, 3.05) is 0 Å². The number of hydrogen-bond donors (Lipinski definition) is 1. The van der Waals surface area contributed by atoms with E-state index in [-0.39, 0.29) is 0 Å². The molecule has 1 aliphatic heterocycles. The van der Waals surface area contributed by atoms with Crippen LogP contribution in [0, 0.1) is 11.3 Å². The SMILES string of the molecule is CCC(CC)C(C)N1Cc2ccccc2C1=N. The molecule has 2 rings (SSSR count). The monoisotopic (exact) mass is 230 g/mol. The molecule has 2 heteroatoms. The minimum atomic E-state index is 0.463. The van der Waals surface area contributed by atoms with Gasteiger partial charge in [-0.1, -0.05) is 51.0 Å². The molecule has 0 radical (unpaired) electrons. The Labute approximate surface area is 104 Å². The van der Waals surface area contributed by atoms with Gasteiger partial charge in [0, 0.05) is 18.2 Å². The van der Waals surface area contributed by atoms with Gasteiger partial charge in [0.25, 0.3) is 0 Å². The average Bonchev–Trinajstić information content (AvgIpc) is 2.69. The number of amidine groups is 1. The summed E-state index contributed by atoms with van der Waals surface area (Å²) in [6.45, 7) is 7.67. The number of fused-ring (bicyclic) bond motifs is 1. The van der Waals surface area contributed by atoms with Gasteiger partial charge < -0.3 is 4.90 Å². The fraction of sp³-hybridized carbons (Fsp3) is 0.533. The van der Waals surface area contributed by atoms with Crippen LogP contribution in [0.25, 0.3) is 0 Å². The Morgan fingerprint density at radius 2 is 1.88 bits per heavy atom. The Hall–Kier alpha value is -1.31. The zero-order valence-corrected chi connectivity index (χ0v) is 11.0. The largest absolute Gasteiger partial charge is 0.349 e. The zero-order valence-electron chi connectivity index (χ0n) is 11.0. The Bertz CT molecular complexity index is 407.